The lowest BCUT2D eigenvalue weighted by Crippen LogP contribution is -2.53. The minimum atomic E-state index is -0.107. The highest BCUT2D eigenvalue weighted by Crippen LogP contribution is 2.31. The number of nitrogens with zero attached hydrogens (tertiary/aromatic N) is 2. The van der Waals surface area contributed by atoms with Gasteiger partial charge < -0.3 is 14.4 Å². The zero-order chi connectivity index (χ0) is 19.3. The van der Waals surface area contributed by atoms with Crippen molar-refractivity contribution in [3.8, 4) is 5.75 Å². The fourth-order valence-electron chi connectivity index (χ4n) is 2.99. The Hall–Kier alpha value is -2.25. The van der Waals surface area contributed by atoms with Crippen molar-refractivity contribution in [3.63, 3.8) is 0 Å². The van der Waals surface area contributed by atoms with E-state index in [4.69, 9.17) is 9.47 Å². The van der Waals surface area contributed by atoms with Crippen LogP contribution < -0.4 is 9.64 Å². The van der Waals surface area contributed by atoms with Crippen LogP contribution in [0.2, 0.25) is 0 Å². The van der Waals surface area contributed by atoms with Gasteiger partial charge in [-0.15, -0.1) is 11.8 Å². The summed E-state index contributed by atoms with van der Waals surface area (Å²) in [6.07, 6.45) is 1.25. The Morgan fingerprint density at radius 2 is 2.00 bits per heavy atom. The van der Waals surface area contributed by atoms with Crippen molar-refractivity contribution in [2.75, 3.05) is 30.9 Å². The Bertz CT molecular complexity index is 903. The van der Waals surface area contributed by atoms with Crippen LogP contribution in [-0.4, -0.2) is 43.0 Å². The van der Waals surface area contributed by atoms with Gasteiger partial charge in [-0.3, -0.25) is 4.79 Å². The molecule has 0 amide bonds. The zero-order valence-electron chi connectivity index (χ0n) is 15.7. The van der Waals surface area contributed by atoms with Gasteiger partial charge in [0, 0.05) is 11.3 Å². The van der Waals surface area contributed by atoms with E-state index in [1.807, 2.05) is 42.5 Å². The van der Waals surface area contributed by atoms with Crippen LogP contribution in [0.3, 0.4) is 0 Å². The monoisotopic (exact) mass is 414 g/mol. The second kappa shape index (κ2) is 8.84. The molecule has 0 spiro atoms. The van der Waals surface area contributed by atoms with Gasteiger partial charge in [0.1, 0.15) is 11.9 Å². The molecule has 1 saturated heterocycles. The molecule has 0 radical (unpaired) electrons. The maximum atomic E-state index is 12.0. The fourth-order valence-corrected chi connectivity index (χ4v) is 4.82. The Balaban J connectivity index is 1.14. The van der Waals surface area contributed by atoms with Crippen LogP contribution in [0.5, 0.6) is 5.75 Å². The lowest BCUT2D eigenvalue weighted by Gasteiger charge is -2.38. The highest BCUT2D eigenvalue weighted by Gasteiger charge is 2.31. The quantitative estimate of drug-likeness (QED) is 0.305. The first-order chi connectivity index (χ1) is 13.7. The van der Waals surface area contributed by atoms with Gasteiger partial charge in [0.15, 0.2) is 5.13 Å². The molecule has 0 N–H and O–H groups in total. The van der Waals surface area contributed by atoms with Gasteiger partial charge in [-0.2, -0.15) is 0 Å². The molecule has 1 fully saturated rings. The molecule has 0 unspecified atom stereocenters. The molecule has 1 aromatic heterocycles. The molecule has 0 saturated carbocycles. The van der Waals surface area contributed by atoms with E-state index in [1.54, 1.807) is 30.2 Å². The van der Waals surface area contributed by atoms with Crippen LogP contribution in [-0.2, 0) is 9.53 Å². The molecule has 1 aliphatic heterocycles. The molecule has 3 aromatic rings. The number of thiazole rings is 1. The molecule has 28 heavy (non-hydrogen) atoms. The van der Waals surface area contributed by atoms with E-state index in [0.29, 0.717) is 6.42 Å². The summed E-state index contributed by atoms with van der Waals surface area (Å²) in [5, 5.41) is 1.00. The number of ether oxygens (including phenoxy) is 2. The second-order valence-electron chi connectivity index (χ2n) is 6.61. The van der Waals surface area contributed by atoms with E-state index in [9.17, 15) is 4.79 Å². The maximum absolute atomic E-state index is 12.0. The van der Waals surface area contributed by atoms with Gasteiger partial charge in [-0.1, -0.05) is 23.5 Å². The summed E-state index contributed by atoms with van der Waals surface area (Å²) >= 11 is 3.42. The molecular formula is C21H22N2O3S2. The number of fused-ring (bicyclic) bond motifs is 1. The van der Waals surface area contributed by atoms with E-state index in [2.05, 4.69) is 16.0 Å². The highest BCUT2D eigenvalue weighted by atomic mass is 32.2. The largest absolute Gasteiger partial charge is 0.497 e. The van der Waals surface area contributed by atoms with Gasteiger partial charge >= 0.3 is 5.97 Å². The van der Waals surface area contributed by atoms with Crippen LogP contribution in [0.4, 0.5) is 5.13 Å². The van der Waals surface area contributed by atoms with E-state index >= 15 is 0 Å². The van der Waals surface area contributed by atoms with Gasteiger partial charge in [-0.05, 0) is 48.6 Å². The van der Waals surface area contributed by atoms with Gasteiger partial charge in [0.25, 0.3) is 0 Å². The summed E-state index contributed by atoms with van der Waals surface area (Å²) in [4.78, 5) is 20.0. The minimum absolute atomic E-state index is 0.0197. The summed E-state index contributed by atoms with van der Waals surface area (Å²) in [5.41, 5.74) is 1.03. The van der Waals surface area contributed by atoms with E-state index in [0.717, 1.165) is 41.7 Å². The number of anilines is 1. The number of thioether (sulfide) groups is 1. The Morgan fingerprint density at radius 1 is 1.21 bits per heavy atom. The SMILES string of the molecule is COc1ccc(SCCCC(=O)OC2CN(c3nc4ccccc4s3)C2)cc1. The number of carbonyl (C=O) groups is 1. The van der Waals surface area contributed by atoms with Crippen molar-refractivity contribution in [2.24, 2.45) is 0 Å². The fraction of sp³-hybridized carbons (Fsp3) is 0.333. The molecule has 7 heteroatoms. The predicted molar refractivity (Wildman–Crippen MR) is 115 cm³/mol. The highest BCUT2D eigenvalue weighted by molar-refractivity contribution is 7.99. The van der Waals surface area contributed by atoms with Crippen molar-refractivity contribution in [1.82, 2.24) is 4.98 Å². The predicted octanol–water partition coefficient (Wildman–Crippen LogP) is 4.61. The third-order valence-electron chi connectivity index (χ3n) is 4.55. The molecule has 0 aliphatic carbocycles. The Kier molecular flexibility index (Phi) is 6.02. The third-order valence-corrected chi connectivity index (χ3v) is 6.75. The van der Waals surface area contributed by atoms with Crippen molar-refractivity contribution < 1.29 is 14.3 Å². The Labute approximate surface area is 172 Å². The number of rotatable bonds is 8. The number of aromatic nitrogens is 1. The number of esters is 1. The molecule has 5 nitrogen and oxygen atoms in total. The van der Waals surface area contributed by atoms with Gasteiger partial charge in [-0.25, -0.2) is 4.98 Å². The number of carbonyl (C=O) groups excluding carboxylic acids is 1. The smallest absolute Gasteiger partial charge is 0.306 e. The van der Waals surface area contributed by atoms with E-state index < -0.39 is 0 Å². The number of hydrogen-bond acceptors (Lipinski definition) is 7. The zero-order valence-corrected chi connectivity index (χ0v) is 17.3. The van der Waals surface area contributed by atoms with Gasteiger partial charge in [0.05, 0.1) is 30.4 Å². The summed E-state index contributed by atoms with van der Waals surface area (Å²) in [6.45, 7) is 1.46. The standard InChI is InChI=1S/C21H22N2O3S2/c1-25-15-8-10-17(11-9-15)27-12-4-7-20(24)26-16-13-23(14-16)21-22-18-5-2-3-6-19(18)28-21/h2-3,5-6,8-11,16H,4,7,12-14H2,1H3. The van der Waals surface area contributed by atoms with E-state index in [1.165, 1.54) is 9.60 Å². The maximum Gasteiger partial charge on any atom is 0.306 e. The summed E-state index contributed by atoms with van der Waals surface area (Å²) < 4.78 is 11.9. The molecule has 146 valence electrons. The van der Waals surface area contributed by atoms with Crippen LogP contribution in [0.1, 0.15) is 12.8 Å². The lowest BCUT2D eigenvalue weighted by molar-refractivity contribution is -0.150. The molecule has 2 aromatic carbocycles. The Morgan fingerprint density at radius 3 is 2.75 bits per heavy atom. The van der Waals surface area contributed by atoms with Crippen LogP contribution in [0, 0.1) is 0 Å². The molecule has 0 bridgehead atoms. The number of hydrogen-bond donors (Lipinski definition) is 0. The average molecular weight is 415 g/mol. The first-order valence-electron chi connectivity index (χ1n) is 9.28. The lowest BCUT2D eigenvalue weighted by atomic mass is 10.2. The molecule has 1 aliphatic rings. The summed E-state index contributed by atoms with van der Waals surface area (Å²) in [6, 6.07) is 16.1. The second-order valence-corrected chi connectivity index (χ2v) is 8.79. The first-order valence-corrected chi connectivity index (χ1v) is 11.1. The average Bonchev–Trinajstić information content (AvgIpc) is 3.11. The normalized spacial score (nSPS) is 14.1. The van der Waals surface area contributed by atoms with E-state index in [-0.39, 0.29) is 12.1 Å². The van der Waals surface area contributed by atoms with Crippen LogP contribution >= 0.6 is 23.1 Å². The minimum Gasteiger partial charge on any atom is -0.497 e. The molecule has 2 heterocycles. The molecular weight excluding hydrogens is 392 g/mol. The first kappa shape index (κ1) is 19.1. The van der Waals surface area contributed by atoms with Crippen LogP contribution in [0.25, 0.3) is 10.2 Å². The van der Waals surface area contributed by atoms with Crippen molar-refractivity contribution in [2.45, 2.75) is 23.8 Å². The number of para-hydroxylation sites is 1. The molecule has 4 rings (SSSR count). The van der Waals surface area contributed by atoms with Crippen molar-refractivity contribution in [1.29, 1.82) is 0 Å². The van der Waals surface area contributed by atoms with Crippen molar-refractivity contribution in [3.05, 3.63) is 48.5 Å². The summed E-state index contributed by atoms with van der Waals surface area (Å²) in [5.74, 6) is 1.64. The topological polar surface area (TPSA) is 51.7 Å². The van der Waals surface area contributed by atoms with Gasteiger partial charge in [0.2, 0.25) is 0 Å². The number of methoxy groups -OCH3 is 1. The third kappa shape index (κ3) is 4.59. The van der Waals surface area contributed by atoms with Crippen molar-refractivity contribution >= 4 is 44.4 Å². The number of benzene rings is 2. The van der Waals surface area contributed by atoms with Crippen LogP contribution in [0.15, 0.2) is 53.4 Å². The summed E-state index contributed by atoms with van der Waals surface area (Å²) in [7, 11) is 1.66. The molecule has 0 atom stereocenters.